The number of nitrogens with one attached hydrogen (secondary N) is 1. The molecule has 0 saturated heterocycles. The first-order chi connectivity index (χ1) is 8.95. The van der Waals surface area contributed by atoms with E-state index in [1.54, 1.807) is 6.92 Å². The molecule has 0 radical (unpaired) electrons. The van der Waals surface area contributed by atoms with E-state index < -0.39 is 4.92 Å². The van der Waals surface area contributed by atoms with Gasteiger partial charge in [-0.15, -0.1) is 11.6 Å². The maximum atomic E-state index is 11.9. The summed E-state index contributed by atoms with van der Waals surface area (Å²) in [7, 11) is 0. The number of benzene rings is 1. The van der Waals surface area contributed by atoms with Crippen LogP contribution in [0.4, 0.5) is 5.69 Å². The lowest BCUT2D eigenvalue weighted by atomic mass is 10.1. The summed E-state index contributed by atoms with van der Waals surface area (Å²) in [6.45, 7) is 4.16. The van der Waals surface area contributed by atoms with Crippen LogP contribution in [0.3, 0.4) is 0 Å². The highest BCUT2D eigenvalue weighted by Gasteiger charge is 2.13. The Morgan fingerprint density at radius 3 is 2.74 bits per heavy atom. The van der Waals surface area contributed by atoms with Crippen molar-refractivity contribution in [2.75, 3.05) is 6.54 Å². The van der Waals surface area contributed by atoms with Crippen molar-refractivity contribution >= 4 is 23.2 Å². The number of carbonyl (C=O) groups excluding carboxylic acids is 1. The van der Waals surface area contributed by atoms with Crippen molar-refractivity contribution in [3.63, 3.8) is 0 Å². The molecule has 1 rings (SSSR count). The molecule has 0 bridgehead atoms. The third-order valence-electron chi connectivity index (χ3n) is 2.85. The van der Waals surface area contributed by atoms with Gasteiger partial charge < -0.3 is 5.32 Å². The largest absolute Gasteiger partial charge is 0.352 e. The molecule has 0 spiro atoms. The fraction of sp³-hybridized carbons (Fsp3) is 0.462. The number of aryl methyl sites for hydroxylation is 1. The van der Waals surface area contributed by atoms with Gasteiger partial charge in [0.05, 0.1) is 4.92 Å². The Balaban J connectivity index is 2.65. The van der Waals surface area contributed by atoms with E-state index in [9.17, 15) is 14.9 Å². The van der Waals surface area contributed by atoms with E-state index >= 15 is 0 Å². The van der Waals surface area contributed by atoms with Crippen molar-refractivity contribution in [1.29, 1.82) is 0 Å². The van der Waals surface area contributed by atoms with Crippen LogP contribution in [0.25, 0.3) is 0 Å². The molecule has 0 aromatic heterocycles. The zero-order chi connectivity index (χ0) is 14.4. The van der Waals surface area contributed by atoms with E-state index in [4.69, 9.17) is 11.6 Å². The fourth-order valence-corrected chi connectivity index (χ4v) is 1.77. The van der Waals surface area contributed by atoms with Gasteiger partial charge in [-0.2, -0.15) is 0 Å². The molecule has 5 nitrogen and oxygen atoms in total. The van der Waals surface area contributed by atoms with Crippen molar-refractivity contribution in [2.45, 2.75) is 32.1 Å². The summed E-state index contributed by atoms with van der Waals surface area (Å²) in [5.74, 6) is -0.229. The van der Waals surface area contributed by atoms with Gasteiger partial charge in [-0.1, -0.05) is 6.92 Å². The van der Waals surface area contributed by atoms with Gasteiger partial charge in [0.1, 0.15) is 0 Å². The minimum atomic E-state index is -0.478. The Morgan fingerprint density at radius 2 is 2.21 bits per heavy atom. The molecule has 0 fully saturated rings. The number of amides is 1. The number of rotatable bonds is 6. The molecule has 0 aliphatic heterocycles. The van der Waals surface area contributed by atoms with Crippen LogP contribution in [0.1, 0.15) is 35.7 Å². The molecule has 1 atom stereocenters. The first-order valence-electron chi connectivity index (χ1n) is 6.13. The Hall–Kier alpha value is -1.62. The molecule has 1 aromatic carbocycles. The summed E-state index contributed by atoms with van der Waals surface area (Å²) >= 11 is 5.96. The van der Waals surface area contributed by atoms with Crippen LogP contribution in [0.5, 0.6) is 0 Å². The summed E-state index contributed by atoms with van der Waals surface area (Å²) in [4.78, 5) is 22.0. The highest BCUT2D eigenvalue weighted by atomic mass is 35.5. The van der Waals surface area contributed by atoms with Crippen LogP contribution in [0.2, 0.25) is 0 Å². The number of non-ortho nitro benzene ring substituents is 1. The number of alkyl halides is 1. The Labute approximate surface area is 117 Å². The molecule has 6 heteroatoms. The minimum Gasteiger partial charge on any atom is -0.352 e. The second-order valence-corrected chi connectivity index (χ2v) is 4.92. The highest BCUT2D eigenvalue weighted by Crippen LogP contribution is 2.17. The van der Waals surface area contributed by atoms with Crippen molar-refractivity contribution in [1.82, 2.24) is 5.32 Å². The van der Waals surface area contributed by atoms with Crippen molar-refractivity contribution in [3.05, 3.63) is 39.4 Å². The van der Waals surface area contributed by atoms with E-state index in [0.717, 1.165) is 6.42 Å². The van der Waals surface area contributed by atoms with Gasteiger partial charge >= 0.3 is 0 Å². The summed E-state index contributed by atoms with van der Waals surface area (Å²) < 4.78 is 0. The molecule has 0 heterocycles. The highest BCUT2D eigenvalue weighted by molar-refractivity contribution is 6.20. The second-order valence-electron chi connectivity index (χ2n) is 4.31. The predicted molar refractivity (Wildman–Crippen MR) is 74.7 cm³/mol. The Kier molecular flexibility index (Phi) is 5.76. The van der Waals surface area contributed by atoms with Crippen LogP contribution in [-0.2, 0) is 0 Å². The average Bonchev–Trinajstić information content (AvgIpc) is 2.37. The lowest BCUT2D eigenvalue weighted by Gasteiger charge is -2.09. The molecule has 1 amide bonds. The van der Waals surface area contributed by atoms with Crippen LogP contribution >= 0.6 is 11.6 Å². The van der Waals surface area contributed by atoms with Crippen LogP contribution < -0.4 is 5.32 Å². The summed E-state index contributed by atoms with van der Waals surface area (Å²) in [5, 5.41) is 13.4. The molecule has 1 N–H and O–H groups in total. The third-order valence-corrected chi connectivity index (χ3v) is 3.38. The Morgan fingerprint density at radius 1 is 1.53 bits per heavy atom. The molecule has 19 heavy (non-hydrogen) atoms. The summed E-state index contributed by atoms with van der Waals surface area (Å²) in [5.41, 5.74) is 1.03. The number of hydrogen-bond acceptors (Lipinski definition) is 3. The number of carbonyl (C=O) groups is 1. The zero-order valence-corrected chi connectivity index (χ0v) is 11.7. The van der Waals surface area contributed by atoms with Crippen molar-refractivity contribution in [3.8, 4) is 0 Å². The predicted octanol–water partition coefficient (Wildman–Crippen LogP) is 3.04. The maximum absolute atomic E-state index is 11.9. The smallest absolute Gasteiger partial charge is 0.269 e. The average molecular weight is 285 g/mol. The minimum absolute atomic E-state index is 0.0131. The SMILES string of the molecule is CCC(Cl)CCNC(=O)c1ccc([N+](=O)[O-])cc1C. The van der Waals surface area contributed by atoms with Gasteiger partial charge in [-0.3, -0.25) is 14.9 Å². The number of nitro groups is 1. The molecular weight excluding hydrogens is 268 g/mol. The zero-order valence-electron chi connectivity index (χ0n) is 11.0. The van der Waals surface area contributed by atoms with Gasteiger partial charge in [0.2, 0.25) is 0 Å². The molecule has 1 unspecified atom stereocenters. The molecule has 104 valence electrons. The first-order valence-corrected chi connectivity index (χ1v) is 6.56. The third kappa shape index (κ3) is 4.52. The number of halogens is 1. The van der Waals surface area contributed by atoms with Crippen LogP contribution in [0, 0.1) is 17.0 Å². The number of nitro benzene ring substituents is 1. The molecule has 0 saturated carbocycles. The standard InChI is InChI=1S/C13H17ClN2O3/c1-3-10(14)6-7-15-13(17)12-5-4-11(16(18)19)8-9(12)2/h4-5,8,10H,3,6-7H2,1-2H3,(H,15,17). The number of nitrogens with zero attached hydrogens (tertiary/aromatic N) is 1. The first kappa shape index (κ1) is 15.4. The lowest BCUT2D eigenvalue weighted by molar-refractivity contribution is -0.384. The molecule has 0 aliphatic carbocycles. The Bertz CT molecular complexity index is 477. The van der Waals surface area contributed by atoms with Gasteiger partial charge in [-0.25, -0.2) is 0 Å². The van der Waals surface area contributed by atoms with E-state index in [2.05, 4.69) is 5.32 Å². The lowest BCUT2D eigenvalue weighted by Crippen LogP contribution is -2.26. The van der Waals surface area contributed by atoms with Crippen molar-refractivity contribution in [2.24, 2.45) is 0 Å². The van der Waals surface area contributed by atoms with Gasteiger partial charge in [0.15, 0.2) is 0 Å². The van der Waals surface area contributed by atoms with Crippen LogP contribution in [-0.4, -0.2) is 22.8 Å². The van der Waals surface area contributed by atoms with Crippen LogP contribution in [0.15, 0.2) is 18.2 Å². The van der Waals surface area contributed by atoms with Gasteiger partial charge in [0.25, 0.3) is 11.6 Å². The molecule has 0 aliphatic rings. The van der Waals surface area contributed by atoms with Crippen molar-refractivity contribution < 1.29 is 9.72 Å². The summed E-state index contributed by atoms with van der Waals surface area (Å²) in [6.07, 6.45) is 1.56. The molecular formula is C13H17ClN2O3. The van der Waals surface area contributed by atoms with Gasteiger partial charge in [-0.05, 0) is 31.4 Å². The fourth-order valence-electron chi connectivity index (χ4n) is 1.66. The van der Waals surface area contributed by atoms with E-state index in [-0.39, 0.29) is 17.0 Å². The molecule has 1 aromatic rings. The number of hydrogen-bond donors (Lipinski definition) is 1. The topological polar surface area (TPSA) is 72.2 Å². The normalized spacial score (nSPS) is 11.9. The second kappa shape index (κ2) is 7.09. The quantitative estimate of drug-likeness (QED) is 0.496. The monoisotopic (exact) mass is 284 g/mol. The summed E-state index contributed by atoms with van der Waals surface area (Å²) in [6, 6.07) is 4.20. The van der Waals surface area contributed by atoms with E-state index in [1.807, 2.05) is 6.92 Å². The van der Waals surface area contributed by atoms with E-state index in [0.29, 0.717) is 24.1 Å². The van der Waals surface area contributed by atoms with E-state index in [1.165, 1.54) is 18.2 Å². The van der Waals surface area contributed by atoms with Gasteiger partial charge in [0, 0.05) is 29.6 Å². The maximum Gasteiger partial charge on any atom is 0.269 e.